The molecule has 0 aromatic heterocycles. The zero-order valence-corrected chi connectivity index (χ0v) is 9.04. The fourth-order valence-electron chi connectivity index (χ4n) is 0.921. The van der Waals surface area contributed by atoms with Gasteiger partial charge in [-0.2, -0.15) is 0 Å². The normalized spacial score (nSPS) is 11.9. The highest BCUT2D eigenvalue weighted by Crippen LogP contribution is 1.99. The molecule has 0 aliphatic carbocycles. The van der Waals surface area contributed by atoms with E-state index in [0.717, 1.165) is 12.8 Å². The lowest BCUT2D eigenvalue weighted by Gasteiger charge is -2.11. The van der Waals surface area contributed by atoms with E-state index in [-0.39, 0.29) is 24.6 Å². The minimum Gasteiger partial charge on any atom is -0.462 e. The Bertz CT molecular complexity index is 189. The Labute approximate surface area is 84.6 Å². The van der Waals surface area contributed by atoms with E-state index in [4.69, 9.17) is 9.47 Å². The van der Waals surface area contributed by atoms with Crippen molar-refractivity contribution in [2.75, 3.05) is 6.61 Å². The molecule has 0 saturated heterocycles. The number of ether oxygens (including phenoxy) is 2. The SMILES string of the molecule is CCCCC(=O)OCC(C)OC(C)=O. The average Bonchev–Trinajstić information content (AvgIpc) is 2.10. The molecule has 0 aromatic rings. The first-order valence-corrected chi connectivity index (χ1v) is 4.89. The van der Waals surface area contributed by atoms with Gasteiger partial charge in [-0.15, -0.1) is 0 Å². The summed E-state index contributed by atoms with van der Waals surface area (Å²) in [7, 11) is 0. The van der Waals surface area contributed by atoms with E-state index < -0.39 is 0 Å². The van der Waals surface area contributed by atoms with Crippen molar-refractivity contribution >= 4 is 11.9 Å². The molecule has 0 rings (SSSR count). The van der Waals surface area contributed by atoms with Crippen LogP contribution >= 0.6 is 0 Å². The van der Waals surface area contributed by atoms with Crippen LogP contribution in [0.15, 0.2) is 0 Å². The molecule has 0 aliphatic rings. The van der Waals surface area contributed by atoms with Gasteiger partial charge in [0.05, 0.1) is 0 Å². The Morgan fingerprint density at radius 1 is 1.36 bits per heavy atom. The van der Waals surface area contributed by atoms with Gasteiger partial charge in [-0.05, 0) is 13.3 Å². The fourth-order valence-corrected chi connectivity index (χ4v) is 0.921. The zero-order valence-electron chi connectivity index (χ0n) is 9.04. The van der Waals surface area contributed by atoms with E-state index in [2.05, 4.69) is 0 Å². The number of carbonyl (C=O) groups excluding carboxylic acids is 2. The van der Waals surface area contributed by atoms with Crippen LogP contribution in [-0.2, 0) is 19.1 Å². The molecule has 0 fully saturated rings. The van der Waals surface area contributed by atoms with Gasteiger partial charge in [-0.1, -0.05) is 13.3 Å². The number of unbranched alkanes of at least 4 members (excludes halogenated alkanes) is 1. The third kappa shape index (κ3) is 7.58. The van der Waals surface area contributed by atoms with Crippen molar-refractivity contribution in [2.45, 2.75) is 46.1 Å². The first-order chi connectivity index (χ1) is 6.56. The molecule has 0 saturated carbocycles. The van der Waals surface area contributed by atoms with Gasteiger partial charge in [0.1, 0.15) is 12.7 Å². The molecule has 0 bridgehead atoms. The molecule has 0 N–H and O–H groups in total. The van der Waals surface area contributed by atoms with Crippen LogP contribution in [0.2, 0.25) is 0 Å². The summed E-state index contributed by atoms with van der Waals surface area (Å²) in [5, 5.41) is 0. The Hall–Kier alpha value is -1.06. The topological polar surface area (TPSA) is 52.6 Å². The maximum absolute atomic E-state index is 11.0. The van der Waals surface area contributed by atoms with Crippen molar-refractivity contribution < 1.29 is 19.1 Å². The lowest BCUT2D eigenvalue weighted by Crippen LogP contribution is -2.20. The number of hydrogen-bond donors (Lipinski definition) is 0. The molecule has 0 heterocycles. The second-order valence-corrected chi connectivity index (χ2v) is 3.21. The van der Waals surface area contributed by atoms with Crippen molar-refractivity contribution in [1.82, 2.24) is 0 Å². The lowest BCUT2D eigenvalue weighted by molar-refractivity contribution is -0.156. The summed E-state index contributed by atoms with van der Waals surface area (Å²) >= 11 is 0. The molecule has 4 nitrogen and oxygen atoms in total. The highest BCUT2D eigenvalue weighted by Gasteiger charge is 2.08. The van der Waals surface area contributed by atoms with Crippen molar-refractivity contribution in [3.05, 3.63) is 0 Å². The monoisotopic (exact) mass is 202 g/mol. The van der Waals surface area contributed by atoms with Gasteiger partial charge in [0.2, 0.25) is 0 Å². The lowest BCUT2D eigenvalue weighted by atomic mass is 10.2. The van der Waals surface area contributed by atoms with Crippen LogP contribution in [0.5, 0.6) is 0 Å². The number of esters is 2. The Balaban J connectivity index is 3.50. The molecule has 1 unspecified atom stereocenters. The average molecular weight is 202 g/mol. The summed E-state index contributed by atoms with van der Waals surface area (Å²) in [5.74, 6) is -0.590. The van der Waals surface area contributed by atoms with E-state index in [1.807, 2.05) is 6.92 Å². The number of carbonyl (C=O) groups is 2. The van der Waals surface area contributed by atoms with Crippen LogP contribution in [0.25, 0.3) is 0 Å². The Morgan fingerprint density at radius 3 is 2.50 bits per heavy atom. The van der Waals surface area contributed by atoms with Crippen LogP contribution in [0.3, 0.4) is 0 Å². The molecule has 0 aromatic carbocycles. The molecule has 0 amide bonds. The second kappa shape index (κ2) is 7.35. The Morgan fingerprint density at radius 2 is 2.00 bits per heavy atom. The minimum atomic E-state index is -0.363. The Kier molecular flexibility index (Phi) is 6.80. The maximum Gasteiger partial charge on any atom is 0.305 e. The smallest absolute Gasteiger partial charge is 0.305 e. The van der Waals surface area contributed by atoms with E-state index in [0.29, 0.717) is 6.42 Å². The maximum atomic E-state index is 11.0. The van der Waals surface area contributed by atoms with Crippen LogP contribution in [0.1, 0.15) is 40.0 Å². The van der Waals surface area contributed by atoms with E-state index >= 15 is 0 Å². The molecule has 0 aliphatic heterocycles. The molecular formula is C10H18O4. The predicted octanol–water partition coefficient (Wildman–Crippen LogP) is 1.67. The zero-order chi connectivity index (χ0) is 11.0. The summed E-state index contributed by atoms with van der Waals surface area (Å²) in [5.41, 5.74) is 0. The van der Waals surface area contributed by atoms with E-state index in [9.17, 15) is 9.59 Å². The molecule has 4 heteroatoms. The van der Waals surface area contributed by atoms with E-state index in [1.54, 1.807) is 6.92 Å². The third-order valence-corrected chi connectivity index (χ3v) is 1.58. The molecule has 0 spiro atoms. The van der Waals surface area contributed by atoms with Gasteiger partial charge in [0.15, 0.2) is 0 Å². The van der Waals surface area contributed by atoms with Gasteiger partial charge < -0.3 is 9.47 Å². The summed E-state index contributed by atoms with van der Waals surface area (Å²) in [4.78, 5) is 21.5. The first kappa shape index (κ1) is 12.9. The number of rotatable bonds is 6. The fraction of sp³-hybridized carbons (Fsp3) is 0.800. The molecule has 0 radical (unpaired) electrons. The summed E-state index contributed by atoms with van der Waals surface area (Å²) in [6, 6.07) is 0. The van der Waals surface area contributed by atoms with Gasteiger partial charge in [-0.25, -0.2) is 0 Å². The van der Waals surface area contributed by atoms with Crippen molar-refractivity contribution in [1.29, 1.82) is 0 Å². The molecule has 1 atom stereocenters. The highest BCUT2D eigenvalue weighted by atomic mass is 16.6. The quantitative estimate of drug-likeness (QED) is 0.615. The predicted molar refractivity (Wildman–Crippen MR) is 51.7 cm³/mol. The van der Waals surface area contributed by atoms with Crippen molar-refractivity contribution in [3.63, 3.8) is 0 Å². The standard InChI is InChI=1S/C10H18O4/c1-4-5-6-10(12)13-7-8(2)14-9(3)11/h8H,4-7H2,1-3H3. The van der Waals surface area contributed by atoms with Crippen molar-refractivity contribution in [2.24, 2.45) is 0 Å². The number of hydrogen-bond acceptors (Lipinski definition) is 4. The van der Waals surface area contributed by atoms with Crippen LogP contribution in [0.4, 0.5) is 0 Å². The van der Waals surface area contributed by atoms with Gasteiger partial charge >= 0.3 is 11.9 Å². The highest BCUT2D eigenvalue weighted by molar-refractivity contribution is 5.69. The van der Waals surface area contributed by atoms with Gasteiger partial charge in [0, 0.05) is 13.3 Å². The summed E-state index contributed by atoms with van der Waals surface area (Å²) in [6.07, 6.45) is 1.87. The molecule has 82 valence electrons. The van der Waals surface area contributed by atoms with Crippen LogP contribution in [-0.4, -0.2) is 24.6 Å². The first-order valence-electron chi connectivity index (χ1n) is 4.89. The third-order valence-electron chi connectivity index (χ3n) is 1.58. The molecule has 14 heavy (non-hydrogen) atoms. The summed E-state index contributed by atoms with van der Waals surface area (Å²) in [6.45, 7) is 5.17. The van der Waals surface area contributed by atoms with Crippen molar-refractivity contribution in [3.8, 4) is 0 Å². The summed E-state index contributed by atoms with van der Waals surface area (Å²) < 4.78 is 9.68. The molecular weight excluding hydrogens is 184 g/mol. The second-order valence-electron chi connectivity index (χ2n) is 3.21. The largest absolute Gasteiger partial charge is 0.462 e. The van der Waals surface area contributed by atoms with Crippen LogP contribution in [0, 0.1) is 0 Å². The van der Waals surface area contributed by atoms with Gasteiger partial charge in [0.25, 0.3) is 0 Å². The van der Waals surface area contributed by atoms with Crippen LogP contribution < -0.4 is 0 Å². The minimum absolute atomic E-state index is 0.141. The van der Waals surface area contributed by atoms with Gasteiger partial charge in [-0.3, -0.25) is 9.59 Å². The van der Waals surface area contributed by atoms with E-state index in [1.165, 1.54) is 6.92 Å².